The Morgan fingerprint density at radius 1 is 1.18 bits per heavy atom. The second-order valence-corrected chi connectivity index (χ2v) is 5.80. The van der Waals surface area contributed by atoms with Gasteiger partial charge in [0.15, 0.2) is 0 Å². The minimum absolute atomic E-state index is 0. The molecule has 124 valence electrons. The van der Waals surface area contributed by atoms with Crippen molar-refractivity contribution in [3.63, 3.8) is 0 Å². The van der Waals surface area contributed by atoms with Gasteiger partial charge in [0.1, 0.15) is 0 Å². The molecule has 0 aliphatic carbocycles. The standard InChI is InChI=1S/C18H27NO2.ClH/c1-2-3-14-21-18(20)15-17(16-10-6-4-7-11-16)19-12-8-5-9-13-19;/h4,6-7,10-11,17H,2-3,5,8-9,12-15H2,1H3;1H/t17-;/m1./s1. The summed E-state index contributed by atoms with van der Waals surface area (Å²) < 4.78 is 5.36. The molecule has 0 unspecified atom stereocenters. The number of ether oxygens (including phenoxy) is 1. The fourth-order valence-corrected chi connectivity index (χ4v) is 2.91. The van der Waals surface area contributed by atoms with E-state index in [1.54, 1.807) is 0 Å². The number of nitrogens with zero attached hydrogens (tertiary/aromatic N) is 1. The molecule has 1 aliphatic heterocycles. The van der Waals surface area contributed by atoms with Crippen LogP contribution < -0.4 is 0 Å². The van der Waals surface area contributed by atoms with E-state index in [-0.39, 0.29) is 24.4 Å². The Balaban J connectivity index is 0.00000242. The van der Waals surface area contributed by atoms with E-state index in [0.717, 1.165) is 25.9 Å². The van der Waals surface area contributed by atoms with Crippen molar-refractivity contribution in [1.82, 2.24) is 4.90 Å². The number of likely N-dealkylation sites (tertiary alicyclic amines) is 1. The van der Waals surface area contributed by atoms with Crippen LogP contribution in [0.1, 0.15) is 57.1 Å². The van der Waals surface area contributed by atoms with Gasteiger partial charge in [-0.3, -0.25) is 9.69 Å². The first-order chi connectivity index (χ1) is 10.3. The van der Waals surface area contributed by atoms with Gasteiger partial charge in [-0.05, 0) is 37.9 Å². The highest BCUT2D eigenvalue weighted by Crippen LogP contribution is 2.27. The van der Waals surface area contributed by atoms with E-state index in [0.29, 0.717) is 13.0 Å². The van der Waals surface area contributed by atoms with E-state index < -0.39 is 0 Å². The molecular weight excluding hydrogens is 298 g/mol. The fourth-order valence-electron chi connectivity index (χ4n) is 2.91. The lowest BCUT2D eigenvalue weighted by Crippen LogP contribution is -2.35. The molecule has 0 radical (unpaired) electrons. The molecule has 0 spiro atoms. The fraction of sp³-hybridized carbons (Fsp3) is 0.611. The lowest BCUT2D eigenvalue weighted by Gasteiger charge is -2.34. The second kappa shape index (κ2) is 10.6. The third-order valence-corrected chi connectivity index (χ3v) is 4.14. The van der Waals surface area contributed by atoms with Crippen molar-refractivity contribution in [3.8, 4) is 0 Å². The third-order valence-electron chi connectivity index (χ3n) is 4.14. The molecule has 1 atom stereocenters. The van der Waals surface area contributed by atoms with Gasteiger partial charge in [-0.15, -0.1) is 12.4 Å². The van der Waals surface area contributed by atoms with Gasteiger partial charge in [0.2, 0.25) is 0 Å². The second-order valence-electron chi connectivity index (χ2n) is 5.80. The van der Waals surface area contributed by atoms with Crippen molar-refractivity contribution >= 4 is 18.4 Å². The third kappa shape index (κ3) is 5.98. The molecular formula is C18H28ClNO2. The van der Waals surface area contributed by atoms with Gasteiger partial charge in [-0.2, -0.15) is 0 Å². The molecule has 0 amide bonds. The summed E-state index contributed by atoms with van der Waals surface area (Å²) >= 11 is 0. The lowest BCUT2D eigenvalue weighted by molar-refractivity contribution is -0.145. The van der Waals surface area contributed by atoms with Crippen LogP contribution in [-0.4, -0.2) is 30.6 Å². The zero-order valence-electron chi connectivity index (χ0n) is 13.5. The summed E-state index contributed by atoms with van der Waals surface area (Å²) in [6.07, 6.45) is 6.24. The zero-order valence-corrected chi connectivity index (χ0v) is 14.3. The molecule has 0 aromatic heterocycles. The number of halogens is 1. The van der Waals surface area contributed by atoms with Crippen LogP contribution in [-0.2, 0) is 9.53 Å². The molecule has 1 heterocycles. The molecule has 1 aliphatic rings. The van der Waals surface area contributed by atoms with Crippen molar-refractivity contribution in [2.75, 3.05) is 19.7 Å². The van der Waals surface area contributed by atoms with Gasteiger partial charge in [-0.25, -0.2) is 0 Å². The number of benzene rings is 1. The molecule has 0 saturated carbocycles. The quantitative estimate of drug-likeness (QED) is 0.550. The molecule has 4 heteroatoms. The van der Waals surface area contributed by atoms with Crippen LogP contribution in [0.5, 0.6) is 0 Å². The maximum atomic E-state index is 12.1. The number of piperidine rings is 1. The number of carbonyl (C=O) groups excluding carboxylic acids is 1. The number of unbranched alkanes of at least 4 members (excludes halogenated alkanes) is 1. The summed E-state index contributed by atoms with van der Waals surface area (Å²) in [5.74, 6) is -0.0668. The number of hydrogen-bond donors (Lipinski definition) is 0. The molecule has 3 nitrogen and oxygen atoms in total. The van der Waals surface area contributed by atoms with E-state index >= 15 is 0 Å². The van der Waals surface area contributed by atoms with Crippen LogP contribution in [0.4, 0.5) is 0 Å². The first-order valence-electron chi connectivity index (χ1n) is 8.26. The van der Waals surface area contributed by atoms with Crippen molar-refractivity contribution in [3.05, 3.63) is 35.9 Å². The largest absolute Gasteiger partial charge is 0.466 e. The van der Waals surface area contributed by atoms with E-state index in [4.69, 9.17) is 4.74 Å². The molecule has 2 rings (SSSR count). The predicted molar refractivity (Wildman–Crippen MR) is 92.3 cm³/mol. The van der Waals surface area contributed by atoms with Gasteiger partial charge in [-0.1, -0.05) is 50.1 Å². The predicted octanol–water partition coefficient (Wildman–Crippen LogP) is 4.37. The molecule has 1 aromatic rings. The van der Waals surface area contributed by atoms with E-state index in [1.807, 2.05) is 6.07 Å². The topological polar surface area (TPSA) is 29.5 Å². The highest BCUT2D eigenvalue weighted by atomic mass is 35.5. The zero-order chi connectivity index (χ0) is 14.9. The van der Waals surface area contributed by atoms with Crippen LogP contribution in [0.15, 0.2) is 30.3 Å². The Labute approximate surface area is 140 Å². The Hall–Kier alpha value is -1.06. The first kappa shape index (κ1) is 19.0. The van der Waals surface area contributed by atoms with Gasteiger partial charge in [0.25, 0.3) is 0 Å². The summed E-state index contributed by atoms with van der Waals surface area (Å²) in [4.78, 5) is 14.5. The highest BCUT2D eigenvalue weighted by molar-refractivity contribution is 5.85. The molecule has 0 N–H and O–H groups in total. The van der Waals surface area contributed by atoms with Crippen LogP contribution >= 0.6 is 12.4 Å². The molecule has 1 aromatic carbocycles. The monoisotopic (exact) mass is 325 g/mol. The Morgan fingerprint density at radius 2 is 1.86 bits per heavy atom. The minimum Gasteiger partial charge on any atom is -0.466 e. The summed E-state index contributed by atoms with van der Waals surface area (Å²) in [5, 5.41) is 0. The smallest absolute Gasteiger partial charge is 0.307 e. The van der Waals surface area contributed by atoms with Gasteiger partial charge in [0.05, 0.1) is 13.0 Å². The normalized spacial score (nSPS) is 16.6. The SMILES string of the molecule is CCCCOC(=O)C[C@H](c1ccccc1)N1CCCCC1.Cl. The van der Waals surface area contributed by atoms with Crippen molar-refractivity contribution in [1.29, 1.82) is 0 Å². The van der Waals surface area contributed by atoms with E-state index in [2.05, 4.69) is 36.1 Å². The Bertz CT molecular complexity index is 418. The maximum Gasteiger partial charge on any atom is 0.307 e. The van der Waals surface area contributed by atoms with Crippen LogP contribution in [0, 0.1) is 0 Å². The van der Waals surface area contributed by atoms with Crippen LogP contribution in [0.2, 0.25) is 0 Å². The van der Waals surface area contributed by atoms with Crippen LogP contribution in [0.25, 0.3) is 0 Å². The summed E-state index contributed by atoms with van der Waals surface area (Å²) in [7, 11) is 0. The van der Waals surface area contributed by atoms with E-state index in [1.165, 1.54) is 24.8 Å². The van der Waals surface area contributed by atoms with Gasteiger partial charge < -0.3 is 4.74 Å². The number of carbonyl (C=O) groups is 1. The molecule has 0 bridgehead atoms. The lowest BCUT2D eigenvalue weighted by atomic mass is 9.99. The number of esters is 1. The van der Waals surface area contributed by atoms with Crippen molar-refractivity contribution in [2.24, 2.45) is 0 Å². The summed E-state index contributed by atoms with van der Waals surface area (Å²) in [6, 6.07) is 10.5. The van der Waals surface area contributed by atoms with E-state index in [9.17, 15) is 4.79 Å². The molecule has 1 fully saturated rings. The minimum atomic E-state index is -0.0668. The van der Waals surface area contributed by atoms with Crippen molar-refractivity contribution in [2.45, 2.75) is 51.5 Å². The Kier molecular flexibility index (Phi) is 9.17. The maximum absolute atomic E-state index is 12.1. The van der Waals surface area contributed by atoms with Crippen molar-refractivity contribution < 1.29 is 9.53 Å². The summed E-state index contributed by atoms with van der Waals surface area (Å²) in [5.41, 5.74) is 1.23. The Morgan fingerprint density at radius 3 is 2.50 bits per heavy atom. The van der Waals surface area contributed by atoms with Crippen LogP contribution in [0.3, 0.4) is 0 Å². The molecule has 1 saturated heterocycles. The number of hydrogen-bond acceptors (Lipinski definition) is 3. The van der Waals surface area contributed by atoms with Gasteiger partial charge >= 0.3 is 5.97 Å². The van der Waals surface area contributed by atoms with Gasteiger partial charge in [0, 0.05) is 6.04 Å². The highest BCUT2D eigenvalue weighted by Gasteiger charge is 2.25. The summed E-state index contributed by atoms with van der Waals surface area (Å²) in [6.45, 7) is 4.83. The first-order valence-corrected chi connectivity index (χ1v) is 8.26. The average molecular weight is 326 g/mol. The average Bonchev–Trinajstić information content (AvgIpc) is 2.54. The molecule has 22 heavy (non-hydrogen) atoms. The number of rotatable bonds is 7.